The Hall–Kier alpha value is -2.30. The summed E-state index contributed by atoms with van der Waals surface area (Å²) >= 11 is 12.3. The summed E-state index contributed by atoms with van der Waals surface area (Å²) < 4.78 is 0. The molecule has 1 saturated carbocycles. The number of hydrogen-bond donors (Lipinski definition) is 2. The third kappa shape index (κ3) is 4.51. The number of Topliss-reactive ketones (excluding diaryl/α,β-unsaturated/α-hetero) is 1. The minimum atomic E-state index is -0.126. The van der Waals surface area contributed by atoms with Gasteiger partial charge in [0.2, 0.25) is 0 Å². The van der Waals surface area contributed by atoms with Gasteiger partial charge in [0.25, 0.3) is 0 Å². The van der Waals surface area contributed by atoms with E-state index in [4.69, 9.17) is 23.2 Å². The van der Waals surface area contributed by atoms with Crippen LogP contribution >= 0.6 is 23.2 Å². The minimum absolute atomic E-state index is 0.0776. The highest BCUT2D eigenvalue weighted by Gasteiger charge is 2.22. The lowest BCUT2D eigenvalue weighted by Gasteiger charge is -2.26. The second-order valence-corrected chi connectivity index (χ2v) is 9.38. The molecule has 1 aromatic heterocycles. The molecule has 3 aromatic rings. The molecule has 0 spiro atoms. The highest BCUT2D eigenvalue weighted by Crippen LogP contribution is 2.38. The van der Waals surface area contributed by atoms with Gasteiger partial charge in [0, 0.05) is 23.5 Å². The Kier molecular flexibility index (Phi) is 6.40. The first kappa shape index (κ1) is 21.9. The summed E-state index contributed by atoms with van der Waals surface area (Å²) in [4.78, 5) is 17.6. The minimum Gasteiger partial charge on any atom is -0.505 e. The number of carbonyl (C=O) groups excluding carboxylic acids is 1. The lowest BCUT2D eigenvalue weighted by Crippen LogP contribution is -2.24. The molecule has 1 aliphatic rings. The van der Waals surface area contributed by atoms with Crippen LogP contribution in [0, 0.1) is 5.92 Å². The van der Waals surface area contributed by atoms with E-state index in [0.717, 1.165) is 40.6 Å². The fourth-order valence-electron chi connectivity index (χ4n) is 4.21. The van der Waals surface area contributed by atoms with Gasteiger partial charge in [-0.15, -0.1) is 0 Å². The Bertz CT molecular complexity index is 1110. The number of fused-ring (bicyclic) bond motifs is 1. The summed E-state index contributed by atoms with van der Waals surface area (Å²) in [7, 11) is 0. The van der Waals surface area contributed by atoms with Gasteiger partial charge in [-0.3, -0.25) is 9.78 Å². The number of rotatable bonds is 5. The second kappa shape index (κ2) is 9.05. The van der Waals surface area contributed by atoms with Crippen LogP contribution in [0.25, 0.3) is 22.0 Å². The number of carbonyl (C=O) groups is 1. The molecule has 1 aliphatic carbocycles. The van der Waals surface area contributed by atoms with E-state index in [2.05, 4.69) is 10.3 Å². The molecule has 4 nitrogen and oxygen atoms in total. The molecule has 0 aliphatic heterocycles. The molecule has 0 unspecified atom stereocenters. The number of pyridine rings is 1. The molecule has 2 N–H and O–H groups in total. The molecular weight excluding hydrogens is 431 g/mol. The monoisotopic (exact) mass is 456 g/mol. The average Bonchev–Trinajstić information content (AvgIpc) is 2.77. The Morgan fingerprint density at radius 1 is 1.06 bits per heavy atom. The van der Waals surface area contributed by atoms with Crippen LogP contribution in [0.1, 0.15) is 56.3 Å². The van der Waals surface area contributed by atoms with E-state index in [1.165, 1.54) is 19.3 Å². The number of anilines is 1. The molecule has 1 fully saturated rings. The predicted octanol–water partition coefficient (Wildman–Crippen LogP) is 7.50. The third-order valence-electron chi connectivity index (χ3n) is 5.96. The number of ketones is 1. The standard InChI is InChI=1S/C25H26Cl2N2O2/c1-14(2)24(30)19-13-28-22-9-8-15(16-11-20(26)25(31)21(27)12-16)10-18(22)23(19)29-17-6-4-3-5-7-17/h8-14,17,31H,3-7H2,1-2H3,(H,28,29). The van der Waals surface area contributed by atoms with Crippen molar-refractivity contribution in [2.75, 3.05) is 5.32 Å². The molecule has 162 valence electrons. The number of phenols is 1. The van der Waals surface area contributed by atoms with Gasteiger partial charge in [0.05, 0.1) is 26.8 Å². The zero-order chi connectivity index (χ0) is 22.1. The van der Waals surface area contributed by atoms with E-state index in [1.807, 2.05) is 32.0 Å². The highest BCUT2D eigenvalue weighted by molar-refractivity contribution is 6.37. The maximum atomic E-state index is 13.0. The second-order valence-electron chi connectivity index (χ2n) is 8.57. The fourth-order valence-corrected chi connectivity index (χ4v) is 4.70. The number of hydrogen-bond acceptors (Lipinski definition) is 4. The van der Waals surface area contributed by atoms with Crippen molar-refractivity contribution >= 4 is 45.6 Å². The van der Waals surface area contributed by atoms with Gasteiger partial charge >= 0.3 is 0 Å². The Morgan fingerprint density at radius 2 is 1.74 bits per heavy atom. The van der Waals surface area contributed by atoms with Gasteiger partial charge in [0.15, 0.2) is 11.5 Å². The van der Waals surface area contributed by atoms with E-state index in [0.29, 0.717) is 11.6 Å². The number of nitrogens with one attached hydrogen (secondary N) is 1. The van der Waals surface area contributed by atoms with Crippen molar-refractivity contribution in [3.05, 3.63) is 52.1 Å². The van der Waals surface area contributed by atoms with Crippen molar-refractivity contribution in [3.8, 4) is 16.9 Å². The van der Waals surface area contributed by atoms with Crippen molar-refractivity contribution in [1.82, 2.24) is 4.98 Å². The largest absolute Gasteiger partial charge is 0.505 e. The van der Waals surface area contributed by atoms with E-state index in [1.54, 1.807) is 18.3 Å². The lowest BCUT2D eigenvalue weighted by molar-refractivity contribution is 0.0940. The van der Waals surface area contributed by atoms with Crippen molar-refractivity contribution in [3.63, 3.8) is 0 Å². The first-order chi connectivity index (χ1) is 14.8. The Labute approximate surface area is 192 Å². The summed E-state index contributed by atoms with van der Waals surface area (Å²) in [6.45, 7) is 3.82. The van der Waals surface area contributed by atoms with Crippen LogP contribution in [0.4, 0.5) is 5.69 Å². The third-order valence-corrected chi connectivity index (χ3v) is 6.54. The quantitative estimate of drug-likeness (QED) is 0.390. The normalized spacial score (nSPS) is 14.9. The van der Waals surface area contributed by atoms with E-state index < -0.39 is 0 Å². The smallest absolute Gasteiger partial charge is 0.169 e. The lowest BCUT2D eigenvalue weighted by atomic mass is 9.93. The fraction of sp³-hybridized carbons (Fsp3) is 0.360. The molecule has 6 heteroatoms. The van der Waals surface area contributed by atoms with Crippen molar-refractivity contribution in [2.45, 2.75) is 52.0 Å². The molecule has 0 atom stereocenters. The summed E-state index contributed by atoms with van der Waals surface area (Å²) in [6, 6.07) is 9.63. The zero-order valence-corrected chi connectivity index (χ0v) is 19.2. The van der Waals surface area contributed by atoms with E-state index >= 15 is 0 Å². The molecular formula is C25H26Cl2N2O2. The van der Waals surface area contributed by atoms with Crippen LogP contribution < -0.4 is 5.32 Å². The average molecular weight is 457 g/mol. The SMILES string of the molecule is CC(C)C(=O)c1cnc2ccc(-c3cc(Cl)c(O)c(Cl)c3)cc2c1NC1CCCCC1. The van der Waals surface area contributed by atoms with Gasteiger partial charge in [0.1, 0.15) is 0 Å². The number of benzene rings is 2. The molecule has 2 aromatic carbocycles. The number of phenolic OH excluding ortho intramolecular Hbond substituents is 1. The topological polar surface area (TPSA) is 62.2 Å². The number of aromatic nitrogens is 1. The van der Waals surface area contributed by atoms with E-state index in [-0.39, 0.29) is 27.5 Å². The van der Waals surface area contributed by atoms with Crippen molar-refractivity contribution in [1.29, 1.82) is 0 Å². The van der Waals surface area contributed by atoms with Gasteiger partial charge < -0.3 is 10.4 Å². The van der Waals surface area contributed by atoms with Crippen molar-refractivity contribution < 1.29 is 9.90 Å². The first-order valence-corrected chi connectivity index (χ1v) is 11.5. The van der Waals surface area contributed by atoms with Crippen LogP contribution in [0.3, 0.4) is 0 Å². The van der Waals surface area contributed by atoms with Crippen molar-refractivity contribution in [2.24, 2.45) is 5.92 Å². The Balaban J connectivity index is 1.87. The molecule has 1 heterocycles. The zero-order valence-electron chi connectivity index (χ0n) is 17.7. The molecule has 0 amide bonds. The summed E-state index contributed by atoms with van der Waals surface area (Å²) in [5.41, 5.74) is 3.98. The van der Waals surface area contributed by atoms with Gasteiger partial charge in [-0.2, -0.15) is 0 Å². The van der Waals surface area contributed by atoms with Gasteiger partial charge in [-0.05, 0) is 48.2 Å². The van der Waals surface area contributed by atoms with Gasteiger partial charge in [-0.25, -0.2) is 0 Å². The number of halogens is 2. The molecule has 0 saturated heterocycles. The van der Waals surface area contributed by atoms with Crippen LogP contribution in [-0.4, -0.2) is 21.9 Å². The molecule has 0 bridgehead atoms. The van der Waals surface area contributed by atoms with E-state index in [9.17, 15) is 9.90 Å². The summed E-state index contributed by atoms with van der Waals surface area (Å²) in [5.74, 6) is -0.170. The number of aromatic hydroxyl groups is 1. The molecule has 31 heavy (non-hydrogen) atoms. The maximum absolute atomic E-state index is 13.0. The van der Waals surface area contributed by atoms with Crippen LogP contribution in [0.15, 0.2) is 36.5 Å². The highest BCUT2D eigenvalue weighted by atomic mass is 35.5. The maximum Gasteiger partial charge on any atom is 0.169 e. The molecule has 0 radical (unpaired) electrons. The first-order valence-electron chi connectivity index (χ1n) is 10.8. The van der Waals surface area contributed by atoms with Crippen LogP contribution in [-0.2, 0) is 0 Å². The van der Waals surface area contributed by atoms with Gasteiger partial charge in [-0.1, -0.05) is 62.4 Å². The summed E-state index contributed by atoms with van der Waals surface area (Å²) in [6.07, 6.45) is 7.56. The van der Waals surface area contributed by atoms with Crippen LogP contribution in [0.5, 0.6) is 5.75 Å². The molecule has 4 rings (SSSR count). The van der Waals surface area contributed by atoms with Crippen LogP contribution in [0.2, 0.25) is 10.0 Å². The predicted molar refractivity (Wildman–Crippen MR) is 129 cm³/mol. The number of nitrogens with zero attached hydrogens (tertiary/aromatic N) is 1. The Morgan fingerprint density at radius 3 is 2.39 bits per heavy atom. The summed E-state index contributed by atoms with van der Waals surface area (Å²) in [5, 5.41) is 14.9.